The Hall–Kier alpha value is -3.47. The number of fused-ring (bicyclic) bond motifs is 1. The van der Waals surface area contributed by atoms with E-state index in [-0.39, 0.29) is 19.5 Å². The number of ether oxygens (including phenoxy) is 3. The number of hydrogen-bond acceptors (Lipinski definition) is 7. The maximum Gasteiger partial charge on any atom is 0.409 e. The highest BCUT2D eigenvalue weighted by atomic mass is 19.1. The molecule has 2 heterocycles. The van der Waals surface area contributed by atoms with Crippen LogP contribution in [0.3, 0.4) is 0 Å². The Morgan fingerprint density at radius 1 is 1.23 bits per heavy atom. The fourth-order valence-corrected chi connectivity index (χ4v) is 4.75. The van der Waals surface area contributed by atoms with E-state index in [1.807, 2.05) is 42.6 Å². The van der Waals surface area contributed by atoms with Crippen LogP contribution >= 0.6 is 0 Å². The molecule has 1 amide bonds. The number of aromatic nitrogens is 2. The number of amides is 1. The average molecular weight is 541 g/mol. The van der Waals surface area contributed by atoms with Crippen LogP contribution < -0.4 is 5.32 Å². The minimum Gasteiger partial charge on any atom is -0.453 e. The number of rotatable bonds is 12. The van der Waals surface area contributed by atoms with Crippen LogP contribution in [0.25, 0.3) is 16.9 Å². The topological polar surface area (TPSA) is 97.6 Å². The minimum atomic E-state index is -1.01. The highest BCUT2D eigenvalue weighted by Crippen LogP contribution is 2.37. The molecule has 0 spiro atoms. The molecule has 210 valence electrons. The van der Waals surface area contributed by atoms with Gasteiger partial charge in [-0.1, -0.05) is 6.58 Å². The van der Waals surface area contributed by atoms with Gasteiger partial charge in [0, 0.05) is 43.8 Å². The summed E-state index contributed by atoms with van der Waals surface area (Å²) in [7, 11) is 4.20. The minimum absolute atomic E-state index is 0.0535. The molecule has 2 aromatic heterocycles. The van der Waals surface area contributed by atoms with Crippen molar-refractivity contribution in [3.8, 4) is 11.3 Å². The van der Waals surface area contributed by atoms with Crippen molar-refractivity contribution in [2.24, 2.45) is 5.92 Å². The number of allylic oxidation sites excluding steroid dienone is 1. The first-order chi connectivity index (χ1) is 18.6. The first kappa shape index (κ1) is 28.5. The fourth-order valence-electron chi connectivity index (χ4n) is 4.75. The molecule has 1 aromatic carbocycles. The largest absolute Gasteiger partial charge is 0.453 e. The van der Waals surface area contributed by atoms with Gasteiger partial charge in [0.15, 0.2) is 6.29 Å². The zero-order chi connectivity index (χ0) is 28.3. The molecular formula is C29H37FN4O5. The van der Waals surface area contributed by atoms with Crippen molar-refractivity contribution < 1.29 is 28.5 Å². The highest BCUT2D eigenvalue weighted by Gasteiger charge is 2.27. The molecule has 10 heteroatoms. The Morgan fingerprint density at radius 2 is 1.95 bits per heavy atom. The Bertz CT molecular complexity index is 1330. The van der Waals surface area contributed by atoms with Gasteiger partial charge in [0.2, 0.25) is 0 Å². The Morgan fingerprint density at radius 3 is 2.56 bits per heavy atom. The summed E-state index contributed by atoms with van der Waals surface area (Å²) in [5.74, 6) is 0.0200. The normalized spacial score (nSPS) is 14.1. The number of imidazole rings is 1. The number of benzene rings is 1. The maximum absolute atomic E-state index is 15.7. The fraction of sp³-hybridized carbons (Fsp3) is 0.448. The Labute approximate surface area is 228 Å². The second kappa shape index (κ2) is 12.1. The van der Waals surface area contributed by atoms with Crippen LogP contribution in [0, 0.1) is 25.6 Å². The Kier molecular flexibility index (Phi) is 8.89. The van der Waals surface area contributed by atoms with Gasteiger partial charge >= 0.3 is 6.09 Å². The molecule has 0 saturated heterocycles. The summed E-state index contributed by atoms with van der Waals surface area (Å²) in [6, 6.07) is 7.18. The first-order valence-corrected chi connectivity index (χ1v) is 13.0. The third-order valence-electron chi connectivity index (χ3n) is 6.97. The lowest BCUT2D eigenvalue weighted by atomic mass is 10.00. The van der Waals surface area contributed by atoms with E-state index in [1.54, 1.807) is 0 Å². The number of hydrogen-bond donors (Lipinski definition) is 2. The predicted molar refractivity (Wildman–Crippen MR) is 147 cm³/mol. The lowest BCUT2D eigenvalue weighted by molar-refractivity contribution is -0.115. The van der Waals surface area contributed by atoms with E-state index in [1.165, 1.54) is 32.3 Å². The van der Waals surface area contributed by atoms with E-state index in [4.69, 9.17) is 19.2 Å². The second-order valence-electron chi connectivity index (χ2n) is 10.0. The number of methoxy groups -OCH3 is 3. The molecule has 1 aliphatic rings. The molecule has 1 fully saturated rings. The molecule has 9 nitrogen and oxygen atoms in total. The molecule has 1 atom stereocenters. The summed E-state index contributed by atoms with van der Waals surface area (Å²) in [6.07, 6.45) is 1.84. The van der Waals surface area contributed by atoms with Crippen LogP contribution in [-0.4, -0.2) is 72.3 Å². The number of aliphatic hydroxyl groups excluding tert-OH is 1. The maximum atomic E-state index is 15.7. The SMILES string of the molecule is C=C(Nc1cc(C)c(-c2nc3cc(C)ccn3c2C[C@H](O)CN(CC(OC)OC)C(=O)OC)c(F)c1)C1CC1. The number of carbonyl (C=O) groups excluding carboxylic acids is 1. The zero-order valence-corrected chi connectivity index (χ0v) is 23.2. The van der Waals surface area contributed by atoms with E-state index in [2.05, 4.69) is 11.9 Å². The summed E-state index contributed by atoms with van der Waals surface area (Å²) in [4.78, 5) is 18.5. The molecule has 0 unspecified atom stereocenters. The Balaban J connectivity index is 1.67. The van der Waals surface area contributed by atoms with Crippen molar-refractivity contribution in [1.82, 2.24) is 14.3 Å². The summed E-state index contributed by atoms with van der Waals surface area (Å²) in [5.41, 5.74) is 5.32. The summed E-state index contributed by atoms with van der Waals surface area (Å²) >= 11 is 0. The number of anilines is 1. The first-order valence-electron chi connectivity index (χ1n) is 13.0. The van der Waals surface area contributed by atoms with Crippen LogP contribution in [0.5, 0.6) is 0 Å². The third kappa shape index (κ3) is 6.58. The highest BCUT2D eigenvalue weighted by molar-refractivity contribution is 5.73. The summed E-state index contributed by atoms with van der Waals surface area (Å²) in [5, 5.41) is 14.4. The number of nitrogens with one attached hydrogen (secondary N) is 1. The van der Waals surface area contributed by atoms with Crippen molar-refractivity contribution in [2.75, 3.05) is 39.7 Å². The number of halogens is 1. The number of carbonyl (C=O) groups is 1. The molecule has 39 heavy (non-hydrogen) atoms. The zero-order valence-electron chi connectivity index (χ0n) is 23.2. The quantitative estimate of drug-likeness (QED) is 0.322. The van der Waals surface area contributed by atoms with Crippen molar-refractivity contribution in [1.29, 1.82) is 0 Å². The molecule has 1 aliphatic carbocycles. The second-order valence-corrected chi connectivity index (χ2v) is 10.0. The standard InChI is InChI=1S/C29H37FN4O5/c1-17-9-10-34-24(14-22(35)15-33(29(36)39-6)16-26(37-4)38-5)28(32-25(34)11-17)27-18(2)12-21(13-23(27)30)31-19(3)20-7-8-20/h9-13,20,22,26,31,35H,3,7-8,14-16H2,1-2,4-6H3/t22-/m0/s1. The van der Waals surface area contributed by atoms with Crippen LogP contribution in [0.15, 0.2) is 42.7 Å². The van der Waals surface area contributed by atoms with E-state index < -0.39 is 24.3 Å². The van der Waals surface area contributed by atoms with Crippen LogP contribution in [0.2, 0.25) is 0 Å². The van der Waals surface area contributed by atoms with Crippen molar-refractivity contribution in [3.63, 3.8) is 0 Å². The van der Waals surface area contributed by atoms with Gasteiger partial charge in [0.25, 0.3) is 0 Å². The molecule has 0 aliphatic heterocycles. The molecule has 1 saturated carbocycles. The smallest absolute Gasteiger partial charge is 0.409 e. The number of aliphatic hydroxyl groups is 1. The van der Waals surface area contributed by atoms with Gasteiger partial charge in [-0.15, -0.1) is 0 Å². The lowest BCUT2D eigenvalue weighted by Gasteiger charge is -2.27. The van der Waals surface area contributed by atoms with Gasteiger partial charge < -0.3 is 33.9 Å². The third-order valence-corrected chi connectivity index (χ3v) is 6.97. The summed E-state index contributed by atoms with van der Waals surface area (Å²) < 4.78 is 32.9. The molecule has 0 radical (unpaired) electrons. The number of aryl methyl sites for hydroxylation is 2. The molecule has 0 bridgehead atoms. The van der Waals surface area contributed by atoms with E-state index >= 15 is 4.39 Å². The van der Waals surface area contributed by atoms with Gasteiger partial charge in [-0.25, -0.2) is 14.2 Å². The van der Waals surface area contributed by atoms with Crippen molar-refractivity contribution >= 4 is 17.4 Å². The monoisotopic (exact) mass is 540 g/mol. The molecule has 4 rings (SSSR count). The van der Waals surface area contributed by atoms with Crippen LogP contribution in [0.4, 0.5) is 14.9 Å². The van der Waals surface area contributed by atoms with Crippen molar-refractivity contribution in [2.45, 2.75) is 45.5 Å². The number of nitrogens with zero attached hydrogens (tertiary/aromatic N) is 3. The van der Waals surface area contributed by atoms with Crippen LogP contribution in [0.1, 0.15) is 29.7 Å². The lowest BCUT2D eigenvalue weighted by Crippen LogP contribution is -2.43. The van der Waals surface area contributed by atoms with Gasteiger partial charge in [0.05, 0.1) is 37.7 Å². The van der Waals surface area contributed by atoms with Gasteiger partial charge in [-0.3, -0.25) is 0 Å². The van der Waals surface area contributed by atoms with E-state index in [0.717, 1.165) is 24.1 Å². The van der Waals surface area contributed by atoms with Gasteiger partial charge in [-0.05, 0) is 68.0 Å². The predicted octanol–water partition coefficient (Wildman–Crippen LogP) is 4.68. The van der Waals surface area contributed by atoms with E-state index in [0.29, 0.717) is 39.8 Å². The summed E-state index contributed by atoms with van der Waals surface area (Å²) in [6.45, 7) is 7.88. The van der Waals surface area contributed by atoms with Crippen molar-refractivity contribution in [3.05, 3.63) is 65.4 Å². The van der Waals surface area contributed by atoms with Gasteiger partial charge in [-0.2, -0.15) is 0 Å². The van der Waals surface area contributed by atoms with Crippen LogP contribution in [-0.2, 0) is 20.6 Å². The number of pyridine rings is 1. The molecular weight excluding hydrogens is 503 g/mol. The van der Waals surface area contributed by atoms with Gasteiger partial charge in [0.1, 0.15) is 11.5 Å². The molecule has 3 aromatic rings. The molecule has 2 N–H and O–H groups in total. The van der Waals surface area contributed by atoms with E-state index in [9.17, 15) is 9.90 Å². The average Bonchev–Trinajstić information content (AvgIpc) is 3.69.